The van der Waals surface area contributed by atoms with Gasteiger partial charge >= 0.3 is 0 Å². The Balaban J connectivity index is 2.17. The van der Waals surface area contributed by atoms with Crippen molar-refractivity contribution >= 4 is 5.78 Å². The lowest BCUT2D eigenvalue weighted by molar-refractivity contribution is 0.540. The third-order valence-corrected chi connectivity index (χ3v) is 3.57. The van der Waals surface area contributed by atoms with Gasteiger partial charge in [-0.25, -0.2) is 4.98 Å². The lowest BCUT2D eigenvalue weighted by Gasteiger charge is -2.13. The molecular weight excluding hydrogens is 214 g/mol. The van der Waals surface area contributed by atoms with Gasteiger partial charge in [-0.15, -0.1) is 10.2 Å². The number of aromatic nitrogens is 4. The van der Waals surface area contributed by atoms with E-state index in [9.17, 15) is 0 Å². The predicted molar refractivity (Wildman–Crippen MR) is 65.0 cm³/mol. The lowest BCUT2D eigenvalue weighted by atomic mass is 9.97. The molecule has 1 aliphatic heterocycles. The molecule has 1 fully saturated rings. The third-order valence-electron chi connectivity index (χ3n) is 3.57. The summed E-state index contributed by atoms with van der Waals surface area (Å²) in [5.74, 6) is 2.80. The number of nitrogens with zero attached hydrogens (tertiary/aromatic N) is 4. The molecule has 0 aromatic carbocycles. The average Bonchev–Trinajstić information content (AvgIpc) is 2.83. The zero-order valence-electron chi connectivity index (χ0n) is 10.4. The average molecular weight is 231 g/mol. The standard InChI is InChI=1S/C12H17N5/c1-7-5-13-6-10(7)11-15-16-12-14-8(2)4-9(3)17(11)12/h4,7,10,13H,5-6H2,1-3H3/t7-,10-/m1/s1. The fourth-order valence-electron chi connectivity index (χ4n) is 2.65. The molecule has 2 aromatic heterocycles. The normalized spacial score (nSPS) is 24.6. The summed E-state index contributed by atoms with van der Waals surface area (Å²) in [4.78, 5) is 4.42. The first-order chi connectivity index (χ1) is 8.16. The Hall–Kier alpha value is -1.49. The van der Waals surface area contributed by atoms with Gasteiger partial charge in [0.05, 0.1) is 0 Å². The zero-order valence-corrected chi connectivity index (χ0v) is 10.4. The molecule has 0 aliphatic carbocycles. The minimum Gasteiger partial charge on any atom is -0.316 e. The SMILES string of the molecule is Cc1cc(C)n2c([C@@H]3CNC[C@H]3C)nnc2n1. The molecule has 5 nitrogen and oxygen atoms in total. The maximum Gasteiger partial charge on any atom is 0.255 e. The molecule has 0 radical (unpaired) electrons. The quantitative estimate of drug-likeness (QED) is 0.797. The van der Waals surface area contributed by atoms with Crippen LogP contribution in [0.1, 0.15) is 30.1 Å². The van der Waals surface area contributed by atoms with Gasteiger partial charge in [-0.2, -0.15) is 0 Å². The van der Waals surface area contributed by atoms with E-state index in [0.717, 1.165) is 36.1 Å². The summed E-state index contributed by atoms with van der Waals surface area (Å²) >= 11 is 0. The summed E-state index contributed by atoms with van der Waals surface area (Å²) < 4.78 is 2.08. The van der Waals surface area contributed by atoms with Crippen molar-refractivity contribution < 1.29 is 0 Å². The zero-order chi connectivity index (χ0) is 12.0. The first-order valence-electron chi connectivity index (χ1n) is 6.07. The van der Waals surface area contributed by atoms with Crippen molar-refractivity contribution in [2.24, 2.45) is 5.92 Å². The highest BCUT2D eigenvalue weighted by Gasteiger charge is 2.29. The summed E-state index contributed by atoms with van der Waals surface area (Å²) in [5, 5.41) is 11.9. The molecule has 1 aliphatic rings. The Morgan fingerprint density at radius 1 is 1.29 bits per heavy atom. The minimum atomic E-state index is 0.438. The number of nitrogens with one attached hydrogen (secondary N) is 1. The second-order valence-electron chi connectivity index (χ2n) is 4.97. The molecule has 0 bridgehead atoms. The Kier molecular flexibility index (Phi) is 2.36. The van der Waals surface area contributed by atoms with Gasteiger partial charge in [0.2, 0.25) is 0 Å². The van der Waals surface area contributed by atoms with E-state index in [1.807, 2.05) is 6.92 Å². The Morgan fingerprint density at radius 2 is 2.12 bits per heavy atom. The van der Waals surface area contributed by atoms with E-state index in [0.29, 0.717) is 11.8 Å². The highest BCUT2D eigenvalue weighted by Crippen LogP contribution is 2.27. The molecule has 1 saturated heterocycles. The number of rotatable bonds is 1. The molecule has 90 valence electrons. The van der Waals surface area contributed by atoms with Gasteiger partial charge in [-0.05, 0) is 32.4 Å². The van der Waals surface area contributed by atoms with Crippen LogP contribution in [-0.4, -0.2) is 32.7 Å². The van der Waals surface area contributed by atoms with E-state index in [4.69, 9.17) is 0 Å². The second kappa shape index (κ2) is 3.77. The number of hydrogen-bond donors (Lipinski definition) is 1. The van der Waals surface area contributed by atoms with Crippen LogP contribution in [0.2, 0.25) is 0 Å². The van der Waals surface area contributed by atoms with E-state index in [1.165, 1.54) is 0 Å². The minimum absolute atomic E-state index is 0.438. The van der Waals surface area contributed by atoms with Crippen molar-refractivity contribution in [3.63, 3.8) is 0 Å². The monoisotopic (exact) mass is 231 g/mol. The van der Waals surface area contributed by atoms with Crippen LogP contribution in [0.4, 0.5) is 0 Å². The van der Waals surface area contributed by atoms with Crippen molar-refractivity contribution in [1.29, 1.82) is 0 Å². The van der Waals surface area contributed by atoms with Gasteiger partial charge in [0, 0.05) is 23.9 Å². The molecule has 2 aromatic rings. The molecule has 0 saturated carbocycles. The van der Waals surface area contributed by atoms with Gasteiger partial charge in [0.25, 0.3) is 5.78 Å². The van der Waals surface area contributed by atoms with Crippen molar-refractivity contribution in [1.82, 2.24) is 24.9 Å². The Labute approximate surface area is 100 Å². The Morgan fingerprint density at radius 3 is 2.82 bits per heavy atom. The van der Waals surface area contributed by atoms with Crippen molar-refractivity contribution in [2.45, 2.75) is 26.7 Å². The highest BCUT2D eigenvalue weighted by molar-refractivity contribution is 5.33. The topological polar surface area (TPSA) is 55.1 Å². The van der Waals surface area contributed by atoms with E-state index < -0.39 is 0 Å². The summed E-state index contributed by atoms with van der Waals surface area (Å²) in [6.07, 6.45) is 0. The molecule has 0 spiro atoms. The van der Waals surface area contributed by atoms with Gasteiger partial charge in [-0.1, -0.05) is 6.92 Å². The smallest absolute Gasteiger partial charge is 0.255 e. The van der Waals surface area contributed by atoms with Crippen LogP contribution in [-0.2, 0) is 0 Å². The predicted octanol–water partition coefficient (Wildman–Crippen LogP) is 1.06. The van der Waals surface area contributed by atoms with E-state index >= 15 is 0 Å². The summed E-state index contributed by atoms with van der Waals surface area (Å²) in [7, 11) is 0. The van der Waals surface area contributed by atoms with Crippen molar-refractivity contribution in [3.05, 3.63) is 23.3 Å². The summed E-state index contributed by atoms with van der Waals surface area (Å²) in [6, 6.07) is 2.08. The van der Waals surface area contributed by atoms with Crippen LogP contribution in [0.3, 0.4) is 0 Å². The number of aryl methyl sites for hydroxylation is 2. The second-order valence-corrected chi connectivity index (χ2v) is 4.97. The summed E-state index contributed by atoms with van der Waals surface area (Å²) in [6.45, 7) is 8.36. The number of fused-ring (bicyclic) bond motifs is 1. The molecule has 0 unspecified atom stereocenters. The number of hydrogen-bond acceptors (Lipinski definition) is 4. The van der Waals surface area contributed by atoms with Crippen LogP contribution in [0.5, 0.6) is 0 Å². The molecule has 17 heavy (non-hydrogen) atoms. The summed E-state index contributed by atoms with van der Waals surface area (Å²) in [5.41, 5.74) is 2.15. The third kappa shape index (κ3) is 1.61. The van der Waals surface area contributed by atoms with Gasteiger partial charge in [0.15, 0.2) is 0 Å². The van der Waals surface area contributed by atoms with E-state index in [2.05, 4.69) is 44.8 Å². The lowest BCUT2D eigenvalue weighted by Crippen LogP contribution is -2.13. The highest BCUT2D eigenvalue weighted by atomic mass is 15.3. The molecular formula is C12H17N5. The fraction of sp³-hybridized carbons (Fsp3) is 0.583. The van der Waals surface area contributed by atoms with Crippen LogP contribution in [0.25, 0.3) is 5.78 Å². The largest absolute Gasteiger partial charge is 0.316 e. The first-order valence-corrected chi connectivity index (χ1v) is 6.07. The van der Waals surface area contributed by atoms with Crippen LogP contribution in [0, 0.1) is 19.8 Å². The molecule has 3 rings (SSSR count). The molecule has 3 heterocycles. The van der Waals surface area contributed by atoms with Crippen molar-refractivity contribution in [3.8, 4) is 0 Å². The molecule has 2 atom stereocenters. The van der Waals surface area contributed by atoms with E-state index in [-0.39, 0.29) is 0 Å². The van der Waals surface area contributed by atoms with E-state index in [1.54, 1.807) is 0 Å². The molecule has 5 heteroatoms. The van der Waals surface area contributed by atoms with Crippen LogP contribution >= 0.6 is 0 Å². The maximum absolute atomic E-state index is 4.42. The van der Waals surface area contributed by atoms with Gasteiger partial charge < -0.3 is 5.32 Å². The Bertz CT molecular complexity index is 559. The van der Waals surface area contributed by atoms with Gasteiger partial charge in [0.1, 0.15) is 5.82 Å². The van der Waals surface area contributed by atoms with Gasteiger partial charge in [-0.3, -0.25) is 4.40 Å². The maximum atomic E-state index is 4.42. The molecule has 0 amide bonds. The van der Waals surface area contributed by atoms with Crippen LogP contribution < -0.4 is 5.32 Å². The molecule has 1 N–H and O–H groups in total. The van der Waals surface area contributed by atoms with Crippen molar-refractivity contribution in [2.75, 3.05) is 13.1 Å². The first kappa shape index (κ1) is 10.7. The fourth-order valence-corrected chi connectivity index (χ4v) is 2.65. The van der Waals surface area contributed by atoms with Crippen LogP contribution in [0.15, 0.2) is 6.07 Å².